The zero-order valence-electron chi connectivity index (χ0n) is 13.4. The molecule has 0 aromatic carbocycles. The maximum atomic E-state index is 11.6. The highest BCUT2D eigenvalue weighted by Crippen LogP contribution is 2.22. The molecule has 0 amide bonds. The van der Waals surface area contributed by atoms with Gasteiger partial charge in [-0.25, -0.2) is 12.7 Å². The second-order valence-corrected chi connectivity index (χ2v) is 7.89. The summed E-state index contributed by atoms with van der Waals surface area (Å²) in [4.78, 5) is 8.97. The Morgan fingerprint density at radius 2 is 2.13 bits per heavy atom. The van der Waals surface area contributed by atoms with Crippen molar-refractivity contribution in [3.8, 4) is 11.4 Å². The first-order chi connectivity index (χ1) is 11.0. The predicted molar refractivity (Wildman–Crippen MR) is 87.2 cm³/mol. The molecule has 0 spiro atoms. The third-order valence-electron chi connectivity index (χ3n) is 4.20. The van der Waals surface area contributed by atoms with Crippen molar-refractivity contribution in [3.63, 3.8) is 0 Å². The molecule has 1 atom stereocenters. The van der Waals surface area contributed by atoms with Crippen LogP contribution in [-0.2, 0) is 23.0 Å². The molecule has 1 aliphatic heterocycles. The van der Waals surface area contributed by atoms with Gasteiger partial charge in [-0.1, -0.05) is 0 Å². The summed E-state index contributed by atoms with van der Waals surface area (Å²) >= 11 is 0. The largest absolute Gasteiger partial charge is 0.264 e. The number of nitrogens with zero attached hydrogens (tertiary/aromatic N) is 5. The molecule has 1 fully saturated rings. The van der Waals surface area contributed by atoms with E-state index in [1.54, 1.807) is 22.9 Å². The van der Waals surface area contributed by atoms with Crippen LogP contribution >= 0.6 is 0 Å². The molecule has 1 unspecified atom stereocenters. The van der Waals surface area contributed by atoms with E-state index in [-0.39, 0.29) is 0 Å². The molecule has 1 saturated heterocycles. The number of rotatable bonds is 5. The summed E-state index contributed by atoms with van der Waals surface area (Å²) in [6.07, 6.45) is 8.20. The highest BCUT2D eigenvalue weighted by Gasteiger charge is 2.28. The fourth-order valence-corrected chi connectivity index (χ4v) is 3.87. The molecule has 0 bridgehead atoms. The molecule has 124 valence electrons. The summed E-state index contributed by atoms with van der Waals surface area (Å²) in [7, 11) is -3.08. The molecule has 1 aliphatic rings. The Kier molecular flexibility index (Phi) is 4.45. The maximum absolute atomic E-state index is 11.6. The van der Waals surface area contributed by atoms with Crippen LogP contribution in [0.5, 0.6) is 0 Å². The van der Waals surface area contributed by atoms with Crippen molar-refractivity contribution < 1.29 is 8.42 Å². The van der Waals surface area contributed by atoms with Gasteiger partial charge in [-0.2, -0.15) is 5.10 Å². The molecule has 0 radical (unpaired) electrons. The Bertz CT molecular complexity index is 769. The van der Waals surface area contributed by atoms with Crippen LogP contribution in [0.15, 0.2) is 24.7 Å². The number of aromatic nitrogens is 4. The monoisotopic (exact) mass is 335 g/mol. The van der Waals surface area contributed by atoms with E-state index in [0.29, 0.717) is 19.0 Å². The van der Waals surface area contributed by atoms with Crippen LogP contribution < -0.4 is 0 Å². The van der Waals surface area contributed by atoms with E-state index < -0.39 is 10.0 Å². The second-order valence-electron chi connectivity index (χ2n) is 5.91. The Hall–Kier alpha value is -1.80. The van der Waals surface area contributed by atoms with Gasteiger partial charge in [0.25, 0.3) is 0 Å². The first-order valence-electron chi connectivity index (χ1n) is 7.75. The van der Waals surface area contributed by atoms with Crippen LogP contribution in [0.4, 0.5) is 0 Å². The van der Waals surface area contributed by atoms with Gasteiger partial charge >= 0.3 is 0 Å². The van der Waals surface area contributed by atoms with Gasteiger partial charge < -0.3 is 0 Å². The van der Waals surface area contributed by atoms with Gasteiger partial charge in [-0.3, -0.25) is 14.6 Å². The third-order valence-corrected chi connectivity index (χ3v) is 5.47. The highest BCUT2D eigenvalue weighted by atomic mass is 32.2. The van der Waals surface area contributed by atoms with Crippen molar-refractivity contribution in [2.75, 3.05) is 19.3 Å². The molecule has 3 heterocycles. The minimum absolute atomic E-state index is 0.311. The highest BCUT2D eigenvalue weighted by molar-refractivity contribution is 7.88. The van der Waals surface area contributed by atoms with Gasteiger partial charge in [-0.15, -0.1) is 0 Å². The fourth-order valence-electron chi connectivity index (χ4n) is 2.96. The number of aryl methyl sites for hydroxylation is 1. The van der Waals surface area contributed by atoms with Crippen LogP contribution in [0.25, 0.3) is 11.4 Å². The van der Waals surface area contributed by atoms with Gasteiger partial charge in [0.15, 0.2) is 0 Å². The summed E-state index contributed by atoms with van der Waals surface area (Å²) in [6.45, 7) is 4.00. The summed E-state index contributed by atoms with van der Waals surface area (Å²) in [6, 6.07) is 1.92. The quantitative estimate of drug-likeness (QED) is 0.820. The lowest BCUT2D eigenvalue weighted by Crippen LogP contribution is -2.27. The van der Waals surface area contributed by atoms with Crippen LogP contribution in [0.3, 0.4) is 0 Å². The molecule has 8 heteroatoms. The molecule has 23 heavy (non-hydrogen) atoms. The average molecular weight is 335 g/mol. The van der Waals surface area contributed by atoms with Crippen LogP contribution in [0, 0.1) is 5.92 Å². The minimum Gasteiger partial charge on any atom is -0.264 e. The summed E-state index contributed by atoms with van der Waals surface area (Å²) in [5.74, 6) is 0.311. The van der Waals surface area contributed by atoms with E-state index in [1.165, 1.54) is 6.26 Å². The van der Waals surface area contributed by atoms with E-state index in [4.69, 9.17) is 0 Å². The number of hydrogen-bond acceptors (Lipinski definition) is 5. The van der Waals surface area contributed by atoms with Crippen molar-refractivity contribution in [2.24, 2.45) is 5.92 Å². The van der Waals surface area contributed by atoms with E-state index in [2.05, 4.69) is 15.1 Å². The van der Waals surface area contributed by atoms with Gasteiger partial charge in [-0.05, 0) is 31.7 Å². The van der Waals surface area contributed by atoms with Gasteiger partial charge in [0.05, 0.1) is 23.8 Å². The fraction of sp³-hybridized carbons (Fsp3) is 0.533. The number of sulfonamides is 1. The first kappa shape index (κ1) is 16.1. The molecule has 0 aliphatic carbocycles. The SMILES string of the molecule is CCn1nccc1-c1cnc(CC2CCN(S(C)(=O)=O)C2)cn1. The first-order valence-corrected chi connectivity index (χ1v) is 9.60. The zero-order valence-corrected chi connectivity index (χ0v) is 14.2. The van der Waals surface area contributed by atoms with Crippen LogP contribution in [0.1, 0.15) is 19.0 Å². The number of hydrogen-bond donors (Lipinski definition) is 0. The average Bonchev–Trinajstić information content (AvgIpc) is 3.16. The van der Waals surface area contributed by atoms with Crippen molar-refractivity contribution in [1.82, 2.24) is 24.1 Å². The van der Waals surface area contributed by atoms with Gasteiger partial charge in [0.2, 0.25) is 10.0 Å². The van der Waals surface area contributed by atoms with E-state index in [9.17, 15) is 8.42 Å². The van der Waals surface area contributed by atoms with E-state index in [0.717, 1.165) is 36.5 Å². The Balaban J connectivity index is 1.67. The van der Waals surface area contributed by atoms with Crippen molar-refractivity contribution >= 4 is 10.0 Å². The molecule has 7 nitrogen and oxygen atoms in total. The maximum Gasteiger partial charge on any atom is 0.211 e. The second kappa shape index (κ2) is 6.37. The van der Waals surface area contributed by atoms with Crippen LogP contribution in [0.2, 0.25) is 0 Å². The van der Waals surface area contributed by atoms with Crippen molar-refractivity contribution in [3.05, 3.63) is 30.4 Å². The molecule has 2 aromatic rings. The Morgan fingerprint density at radius 3 is 2.74 bits per heavy atom. The van der Waals surface area contributed by atoms with Crippen molar-refractivity contribution in [2.45, 2.75) is 26.3 Å². The summed E-state index contributed by atoms with van der Waals surface area (Å²) in [5.41, 5.74) is 2.66. The Labute approximate surface area is 136 Å². The van der Waals surface area contributed by atoms with Crippen LogP contribution in [-0.4, -0.2) is 51.8 Å². The van der Waals surface area contributed by atoms with E-state index in [1.807, 2.05) is 17.7 Å². The van der Waals surface area contributed by atoms with Gasteiger partial charge in [0, 0.05) is 32.0 Å². The normalized spacial score (nSPS) is 19.3. The topological polar surface area (TPSA) is 81.0 Å². The van der Waals surface area contributed by atoms with Crippen molar-refractivity contribution in [1.29, 1.82) is 0 Å². The lowest BCUT2D eigenvalue weighted by Gasteiger charge is -2.13. The molecule has 0 saturated carbocycles. The lowest BCUT2D eigenvalue weighted by atomic mass is 10.0. The molecule has 0 N–H and O–H groups in total. The summed E-state index contributed by atoms with van der Waals surface area (Å²) in [5, 5.41) is 4.23. The molecule has 2 aromatic heterocycles. The summed E-state index contributed by atoms with van der Waals surface area (Å²) < 4.78 is 26.5. The molecule has 3 rings (SSSR count). The smallest absolute Gasteiger partial charge is 0.211 e. The lowest BCUT2D eigenvalue weighted by molar-refractivity contribution is 0.459. The minimum atomic E-state index is -3.08. The predicted octanol–water partition coefficient (Wildman–Crippen LogP) is 1.18. The standard InChI is InChI=1S/C15H21N5O2S/c1-3-20-15(4-6-18-20)14-10-16-13(9-17-14)8-12-5-7-19(11-12)23(2,21)22/h4,6,9-10,12H,3,5,7-8,11H2,1-2H3. The van der Waals surface area contributed by atoms with Gasteiger partial charge in [0.1, 0.15) is 5.69 Å². The van der Waals surface area contributed by atoms with E-state index >= 15 is 0 Å². The Morgan fingerprint density at radius 1 is 1.30 bits per heavy atom. The molecular weight excluding hydrogens is 314 g/mol. The molecular formula is C15H21N5O2S. The zero-order chi connectivity index (χ0) is 16.4. The third kappa shape index (κ3) is 3.59.